The van der Waals surface area contributed by atoms with Crippen molar-refractivity contribution in [2.75, 3.05) is 19.6 Å². The maximum absolute atomic E-state index is 13.5. The van der Waals surface area contributed by atoms with Crippen molar-refractivity contribution < 1.29 is 18.4 Å². The van der Waals surface area contributed by atoms with Gasteiger partial charge >= 0.3 is 0 Å². The van der Waals surface area contributed by atoms with Crippen LogP contribution in [0.1, 0.15) is 47.7 Å². The van der Waals surface area contributed by atoms with Gasteiger partial charge < -0.3 is 14.2 Å². The molecule has 0 bridgehead atoms. The second kappa shape index (κ2) is 12.2. The fourth-order valence-electron chi connectivity index (χ4n) is 3.66. The van der Waals surface area contributed by atoms with Crippen LogP contribution in [0.5, 0.6) is 0 Å². The number of aryl methyl sites for hydroxylation is 1. The van der Waals surface area contributed by atoms with Crippen molar-refractivity contribution in [1.82, 2.24) is 9.80 Å². The Hall–Kier alpha value is -3.41. The second-order valence-corrected chi connectivity index (χ2v) is 8.98. The number of furan rings is 1. The van der Waals surface area contributed by atoms with Gasteiger partial charge in [0.2, 0.25) is 5.91 Å². The normalized spacial score (nSPS) is 11.0. The second-order valence-electron chi connectivity index (χ2n) is 8.98. The van der Waals surface area contributed by atoms with E-state index in [0.29, 0.717) is 43.3 Å². The van der Waals surface area contributed by atoms with E-state index in [2.05, 4.69) is 13.8 Å². The SMILES string of the molecule is Cc1ccc(CN(CCc2ccccc2)C(=O)CN(CCC(C)C)C(=O)c2ccc(F)cc2)o1. The molecule has 0 radical (unpaired) electrons. The first kappa shape index (κ1) is 25.2. The first-order valence-corrected chi connectivity index (χ1v) is 11.7. The molecule has 180 valence electrons. The summed E-state index contributed by atoms with van der Waals surface area (Å²) in [6.07, 6.45) is 1.46. The van der Waals surface area contributed by atoms with Crippen molar-refractivity contribution >= 4 is 11.8 Å². The topological polar surface area (TPSA) is 53.8 Å². The van der Waals surface area contributed by atoms with Crippen molar-refractivity contribution in [2.24, 2.45) is 5.92 Å². The van der Waals surface area contributed by atoms with Crippen molar-refractivity contribution in [3.8, 4) is 0 Å². The van der Waals surface area contributed by atoms with Gasteiger partial charge in [-0.05, 0) is 67.6 Å². The Morgan fingerprint density at radius 1 is 0.912 bits per heavy atom. The van der Waals surface area contributed by atoms with Gasteiger partial charge in [0, 0.05) is 18.7 Å². The van der Waals surface area contributed by atoms with Gasteiger partial charge in [0.05, 0.1) is 6.54 Å². The third-order valence-corrected chi connectivity index (χ3v) is 5.69. The zero-order valence-corrected chi connectivity index (χ0v) is 20.2. The standard InChI is InChI=1S/C28H33FN2O3/c1-21(2)15-17-31(28(33)24-10-12-25(29)13-11-24)20-27(32)30(19-26-14-9-22(3)34-26)18-16-23-7-5-4-6-8-23/h4-14,21H,15-20H2,1-3H3. The summed E-state index contributed by atoms with van der Waals surface area (Å²) < 4.78 is 19.1. The Morgan fingerprint density at radius 3 is 2.24 bits per heavy atom. The van der Waals surface area contributed by atoms with Crippen molar-refractivity contribution in [2.45, 2.75) is 40.2 Å². The predicted octanol–water partition coefficient (Wildman–Crippen LogP) is 5.49. The average molecular weight is 465 g/mol. The largest absolute Gasteiger partial charge is 0.464 e. The minimum absolute atomic E-state index is 0.0442. The van der Waals surface area contributed by atoms with Crippen LogP contribution in [-0.4, -0.2) is 41.2 Å². The minimum atomic E-state index is -0.401. The fraction of sp³-hybridized carbons (Fsp3) is 0.357. The molecule has 1 heterocycles. The highest BCUT2D eigenvalue weighted by Crippen LogP contribution is 2.14. The zero-order valence-electron chi connectivity index (χ0n) is 20.2. The van der Waals surface area contributed by atoms with Crippen molar-refractivity contribution in [1.29, 1.82) is 0 Å². The highest BCUT2D eigenvalue weighted by atomic mass is 19.1. The van der Waals surface area contributed by atoms with Gasteiger partial charge in [-0.25, -0.2) is 4.39 Å². The van der Waals surface area contributed by atoms with E-state index >= 15 is 0 Å². The van der Waals surface area contributed by atoms with E-state index in [1.54, 1.807) is 9.80 Å². The van der Waals surface area contributed by atoms with E-state index in [0.717, 1.165) is 17.7 Å². The van der Waals surface area contributed by atoms with Crippen LogP contribution in [0.4, 0.5) is 4.39 Å². The van der Waals surface area contributed by atoms with E-state index in [-0.39, 0.29) is 18.4 Å². The van der Waals surface area contributed by atoms with Crippen LogP contribution in [0.25, 0.3) is 0 Å². The average Bonchev–Trinajstić information content (AvgIpc) is 3.24. The lowest BCUT2D eigenvalue weighted by Gasteiger charge is -2.28. The van der Waals surface area contributed by atoms with Crippen LogP contribution in [0.3, 0.4) is 0 Å². The first-order valence-electron chi connectivity index (χ1n) is 11.7. The van der Waals surface area contributed by atoms with Crippen LogP contribution >= 0.6 is 0 Å². The maximum Gasteiger partial charge on any atom is 0.254 e. The van der Waals surface area contributed by atoms with Crippen LogP contribution < -0.4 is 0 Å². The summed E-state index contributed by atoms with van der Waals surface area (Å²) in [6, 6.07) is 19.2. The number of rotatable bonds is 11. The highest BCUT2D eigenvalue weighted by Gasteiger charge is 2.23. The summed E-state index contributed by atoms with van der Waals surface area (Å²) in [7, 11) is 0. The van der Waals surface area contributed by atoms with Crippen molar-refractivity contribution in [3.05, 3.63) is 95.2 Å². The molecule has 2 amide bonds. The fourth-order valence-corrected chi connectivity index (χ4v) is 3.66. The lowest BCUT2D eigenvalue weighted by molar-refractivity contribution is -0.132. The molecule has 34 heavy (non-hydrogen) atoms. The number of benzene rings is 2. The van der Waals surface area contributed by atoms with Gasteiger partial charge in [-0.15, -0.1) is 0 Å². The predicted molar refractivity (Wildman–Crippen MR) is 131 cm³/mol. The summed E-state index contributed by atoms with van der Waals surface area (Å²) >= 11 is 0. The quantitative estimate of drug-likeness (QED) is 0.377. The number of hydrogen-bond donors (Lipinski definition) is 0. The third kappa shape index (κ3) is 7.58. The van der Waals surface area contributed by atoms with E-state index in [1.165, 1.54) is 24.3 Å². The number of carbonyl (C=O) groups is 2. The summed E-state index contributed by atoms with van der Waals surface area (Å²) in [5.41, 5.74) is 1.51. The van der Waals surface area contributed by atoms with E-state index in [1.807, 2.05) is 49.4 Å². The molecule has 5 nitrogen and oxygen atoms in total. The number of amides is 2. The third-order valence-electron chi connectivity index (χ3n) is 5.69. The summed E-state index contributed by atoms with van der Waals surface area (Å²) in [5, 5.41) is 0. The highest BCUT2D eigenvalue weighted by molar-refractivity contribution is 5.96. The summed E-state index contributed by atoms with van der Waals surface area (Å²) in [5.74, 6) is 1.05. The molecule has 0 saturated heterocycles. The van der Waals surface area contributed by atoms with Gasteiger partial charge in [0.15, 0.2) is 0 Å². The molecule has 3 aromatic rings. The lowest BCUT2D eigenvalue weighted by atomic mass is 10.1. The Balaban J connectivity index is 1.77. The Bertz CT molecular complexity index is 1060. The molecule has 0 aliphatic rings. The molecular formula is C28H33FN2O3. The zero-order chi connectivity index (χ0) is 24.5. The van der Waals surface area contributed by atoms with Crippen molar-refractivity contribution in [3.63, 3.8) is 0 Å². The molecule has 0 fully saturated rings. The number of nitrogens with zero attached hydrogens (tertiary/aromatic N) is 2. The summed E-state index contributed by atoms with van der Waals surface area (Å²) in [4.78, 5) is 29.9. The van der Waals surface area contributed by atoms with Gasteiger partial charge in [-0.1, -0.05) is 44.2 Å². The van der Waals surface area contributed by atoms with E-state index in [4.69, 9.17) is 4.42 Å². The summed E-state index contributed by atoms with van der Waals surface area (Å²) in [6.45, 7) is 7.27. The first-order chi connectivity index (χ1) is 16.3. The number of carbonyl (C=O) groups excluding carboxylic acids is 2. The van der Waals surface area contributed by atoms with Crippen LogP contribution in [-0.2, 0) is 17.8 Å². The number of halogens is 1. The molecule has 0 spiro atoms. The molecule has 0 saturated carbocycles. The van der Waals surface area contributed by atoms with Gasteiger partial charge in [0.1, 0.15) is 23.9 Å². The molecule has 1 aromatic heterocycles. The molecular weight excluding hydrogens is 431 g/mol. The van der Waals surface area contributed by atoms with E-state index in [9.17, 15) is 14.0 Å². The monoisotopic (exact) mass is 464 g/mol. The van der Waals surface area contributed by atoms with Gasteiger partial charge in [0.25, 0.3) is 5.91 Å². The smallest absolute Gasteiger partial charge is 0.254 e. The Kier molecular flexibility index (Phi) is 9.02. The molecule has 3 rings (SSSR count). The molecule has 0 aliphatic heterocycles. The van der Waals surface area contributed by atoms with Gasteiger partial charge in [-0.2, -0.15) is 0 Å². The minimum Gasteiger partial charge on any atom is -0.464 e. The number of hydrogen-bond acceptors (Lipinski definition) is 3. The van der Waals surface area contributed by atoms with Crippen LogP contribution in [0.15, 0.2) is 71.1 Å². The van der Waals surface area contributed by atoms with Crippen LogP contribution in [0, 0.1) is 18.7 Å². The van der Waals surface area contributed by atoms with Crippen LogP contribution in [0.2, 0.25) is 0 Å². The molecule has 0 aliphatic carbocycles. The molecule has 6 heteroatoms. The molecule has 2 aromatic carbocycles. The maximum atomic E-state index is 13.5. The Labute approximate surface area is 201 Å². The molecule has 0 N–H and O–H groups in total. The molecule has 0 unspecified atom stereocenters. The van der Waals surface area contributed by atoms with E-state index < -0.39 is 5.82 Å². The molecule has 0 atom stereocenters. The van der Waals surface area contributed by atoms with Gasteiger partial charge in [-0.3, -0.25) is 9.59 Å². The lowest BCUT2D eigenvalue weighted by Crippen LogP contribution is -2.44. The Morgan fingerprint density at radius 2 is 1.62 bits per heavy atom.